The Morgan fingerprint density at radius 2 is 2.09 bits per heavy atom. The summed E-state index contributed by atoms with van der Waals surface area (Å²) in [5.74, 6) is -2.43. The molecule has 0 spiro atoms. The van der Waals surface area contributed by atoms with Crippen LogP contribution in [0.3, 0.4) is 0 Å². The lowest BCUT2D eigenvalue weighted by molar-refractivity contribution is -0.163. The van der Waals surface area contributed by atoms with Gasteiger partial charge in [0.25, 0.3) is 0 Å². The van der Waals surface area contributed by atoms with E-state index in [1.807, 2.05) is 0 Å². The Morgan fingerprint density at radius 3 is 2.64 bits per heavy atom. The van der Waals surface area contributed by atoms with Crippen LogP contribution in [0.4, 0.5) is 4.79 Å². The number of β-lactam (4-membered cyclic amide) rings is 1. The van der Waals surface area contributed by atoms with E-state index < -0.39 is 36.1 Å². The third kappa shape index (κ3) is 1.90. The number of carboxylic acid groups (broad SMARTS) is 1. The van der Waals surface area contributed by atoms with E-state index in [1.54, 1.807) is 0 Å². The summed E-state index contributed by atoms with van der Waals surface area (Å²) in [6.07, 6.45) is -0.599. The molecule has 0 unspecified atom stereocenters. The first kappa shape index (κ1) is 14.8. The van der Waals surface area contributed by atoms with Crippen molar-refractivity contribution in [3.05, 3.63) is 11.3 Å². The molecule has 0 aromatic heterocycles. The van der Waals surface area contributed by atoms with Gasteiger partial charge in [-0.1, -0.05) is 0 Å². The Labute approximate surface area is 126 Å². The number of hydrogen-bond donors (Lipinski definition) is 3. The number of carboxylic acids is 1. The zero-order valence-electron chi connectivity index (χ0n) is 12.1. The summed E-state index contributed by atoms with van der Waals surface area (Å²) in [4.78, 5) is 36.1. The molecular formula is C14H18N2O6. The number of nitrogens with two attached hydrogens (primary N) is 1. The third-order valence-electron chi connectivity index (χ3n) is 4.82. The average Bonchev–Trinajstić information content (AvgIpc) is 2.69. The number of rotatable bonds is 3. The molecule has 1 saturated carbocycles. The average molecular weight is 310 g/mol. The molecule has 120 valence electrons. The molecule has 8 heteroatoms. The maximum atomic E-state index is 12.2. The molecule has 0 radical (unpaired) electrons. The van der Waals surface area contributed by atoms with E-state index in [1.165, 1.54) is 11.8 Å². The lowest BCUT2D eigenvalue weighted by Crippen LogP contribution is -2.64. The first-order valence-corrected chi connectivity index (χ1v) is 7.29. The van der Waals surface area contributed by atoms with E-state index in [4.69, 9.17) is 10.5 Å². The maximum absolute atomic E-state index is 12.2. The van der Waals surface area contributed by atoms with Crippen molar-refractivity contribution in [2.24, 2.45) is 17.6 Å². The van der Waals surface area contributed by atoms with Gasteiger partial charge in [0.05, 0.1) is 18.1 Å². The number of amides is 2. The molecule has 2 fully saturated rings. The summed E-state index contributed by atoms with van der Waals surface area (Å²) >= 11 is 0. The quantitative estimate of drug-likeness (QED) is 0.619. The van der Waals surface area contributed by atoms with Crippen LogP contribution < -0.4 is 5.73 Å². The monoisotopic (exact) mass is 310 g/mol. The van der Waals surface area contributed by atoms with Gasteiger partial charge in [-0.2, -0.15) is 0 Å². The number of nitrogens with zero attached hydrogens (tertiary/aromatic N) is 1. The molecule has 0 aromatic rings. The van der Waals surface area contributed by atoms with Crippen LogP contribution in [0.15, 0.2) is 11.3 Å². The summed E-state index contributed by atoms with van der Waals surface area (Å²) in [6.45, 7) is 1.53. The number of carbonyl (C=O) groups excluding carboxylic acids is 2. The minimum absolute atomic E-state index is 0.108. The van der Waals surface area contributed by atoms with Gasteiger partial charge in [-0.05, 0) is 26.2 Å². The van der Waals surface area contributed by atoms with E-state index in [2.05, 4.69) is 0 Å². The van der Waals surface area contributed by atoms with Gasteiger partial charge in [-0.25, -0.2) is 9.59 Å². The van der Waals surface area contributed by atoms with Crippen LogP contribution in [0.1, 0.15) is 26.2 Å². The van der Waals surface area contributed by atoms with Gasteiger partial charge < -0.3 is 25.6 Å². The van der Waals surface area contributed by atoms with Crippen LogP contribution >= 0.6 is 0 Å². The van der Waals surface area contributed by atoms with Gasteiger partial charge in [0.2, 0.25) is 5.91 Å². The fourth-order valence-electron chi connectivity index (χ4n) is 4.10. The normalized spacial score (nSPS) is 34.6. The molecule has 5 atom stereocenters. The van der Waals surface area contributed by atoms with Crippen molar-refractivity contribution in [2.45, 2.75) is 44.4 Å². The molecule has 4 N–H and O–H groups in total. The molecular weight excluding hydrogens is 292 g/mol. The minimum atomic E-state index is -1.22. The Bertz CT molecular complexity index is 584. The van der Waals surface area contributed by atoms with Gasteiger partial charge in [-0.15, -0.1) is 0 Å². The number of primary amides is 1. The number of aliphatic hydroxyl groups is 1. The molecule has 8 nitrogen and oxygen atoms in total. The van der Waals surface area contributed by atoms with E-state index in [-0.39, 0.29) is 17.7 Å². The van der Waals surface area contributed by atoms with Crippen LogP contribution in [0.2, 0.25) is 0 Å². The van der Waals surface area contributed by atoms with Crippen LogP contribution in [-0.4, -0.2) is 51.3 Å². The van der Waals surface area contributed by atoms with E-state index >= 15 is 0 Å². The molecule has 3 aliphatic rings. The number of hydrogen-bond acceptors (Lipinski definition) is 5. The number of carbonyl (C=O) groups is 3. The third-order valence-corrected chi connectivity index (χ3v) is 4.82. The van der Waals surface area contributed by atoms with Gasteiger partial charge in [0.1, 0.15) is 11.8 Å². The molecule has 2 aliphatic heterocycles. The molecule has 1 saturated heterocycles. The van der Waals surface area contributed by atoms with Crippen LogP contribution in [-0.2, 0) is 14.3 Å². The molecule has 3 rings (SSSR count). The van der Waals surface area contributed by atoms with E-state index in [9.17, 15) is 24.6 Å². The fourth-order valence-corrected chi connectivity index (χ4v) is 4.10. The van der Waals surface area contributed by atoms with E-state index in [0.717, 1.165) is 6.42 Å². The van der Waals surface area contributed by atoms with Crippen molar-refractivity contribution in [3.8, 4) is 0 Å². The van der Waals surface area contributed by atoms with Crippen molar-refractivity contribution in [1.82, 2.24) is 4.90 Å². The summed E-state index contributed by atoms with van der Waals surface area (Å²) in [5.41, 5.74) is 5.41. The molecule has 2 heterocycles. The second-order valence-electron chi connectivity index (χ2n) is 6.04. The van der Waals surface area contributed by atoms with Crippen LogP contribution in [0, 0.1) is 11.8 Å². The summed E-state index contributed by atoms with van der Waals surface area (Å²) in [6, 6.07) is -0.368. The second-order valence-corrected chi connectivity index (χ2v) is 6.04. The first-order chi connectivity index (χ1) is 10.3. The fraction of sp³-hybridized carbons (Fsp3) is 0.643. The minimum Gasteiger partial charge on any atom is -0.477 e. The first-order valence-electron chi connectivity index (χ1n) is 7.29. The Morgan fingerprint density at radius 1 is 1.41 bits per heavy atom. The number of ether oxygens (including phenoxy) is 1. The smallest absolute Gasteiger partial charge is 0.405 e. The van der Waals surface area contributed by atoms with Gasteiger partial charge in [0.15, 0.2) is 0 Å². The standard InChI is InChI=1S/C14H18N2O6/c1-5(17)8-10-6-3-2-4-7(22-14(15)21)9(6)11(13(19)20)16(10)12(8)18/h5-8,10,17H,2-4H2,1H3,(H2,15,21)(H,19,20)/t5-,6-,7-,8-,10-/m1/s1. The topological polar surface area (TPSA) is 130 Å². The molecule has 0 aromatic carbocycles. The highest BCUT2D eigenvalue weighted by atomic mass is 16.6. The van der Waals surface area contributed by atoms with E-state index in [0.29, 0.717) is 18.4 Å². The van der Waals surface area contributed by atoms with Gasteiger partial charge in [0, 0.05) is 11.5 Å². The Balaban J connectivity index is 2.02. The second kappa shape index (κ2) is 4.98. The summed E-state index contributed by atoms with van der Waals surface area (Å²) in [7, 11) is 0. The van der Waals surface area contributed by atoms with Gasteiger partial charge in [-0.3, -0.25) is 4.79 Å². The van der Waals surface area contributed by atoms with Crippen molar-refractivity contribution in [2.75, 3.05) is 0 Å². The molecule has 1 aliphatic carbocycles. The van der Waals surface area contributed by atoms with Crippen molar-refractivity contribution < 1.29 is 29.3 Å². The van der Waals surface area contributed by atoms with Crippen molar-refractivity contribution in [3.63, 3.8) is 0 Å². The Kier molecular flexibility index (Phi) is 3.36. The predicted molar refractivity (Wildman–Crippen MR) is 72.3 cm³/mol. The molecule has 2 amide bonds. The van der Waals surface area contributed by atoms with Crippen LogP contribution in [0.25, 0.3) is 0 Å². The molecule has 0 bridgehead atoms. The number of aliphatic carboxylic acids is 1. The van der Waals surface area contributed by atoms with Gasteiger partial charge >= 0.3 is 12.1 Å². The zero-order valence-corrected chi connectivity index (χ0v) is 12.1. The maximum Gasteiger partial charge on any atom is 0.405 e. The highest BCUT2D eigenvalue weighted by molar-refractivity contribution is 6.00. The number of aliphatic hydroxyl groups excluding tert-OH is 1. The lowest BCUT2D eigenvalue weighted by Gasteiger charge is -2.47. The SMILES string of the molecule is C[C@@H](O)[C@H]1C(=O)N2C(C(=O)O)=C3[C@@H](CCC[C@H]3OC(N)=O)[C@H]12. The number of fused-ring (bicyclic) bond motifs is 3. The summed E-state index contributed by atoms with van der Waals surface area (Å²) < 4.78 is 5.06. The highest BCUT2D eigenvalue weighted by Crippen LogP contribution is 2.52. The Hall–Kier alpha value is -2.09. The molecule has 22 heavy (non-hydrogen) atoms. The predicted octanol–water partition coefficient (Wildman–Crippen LogP) is -0.189. The van der Waals surface area contributed by atoms with Crippen molar-refractivity contribution in [1.29, 1.82) is 0 Å². The highest BCUT2D eigenvalue weighted by Gasteiger charge is 2.62. The van der Waals surface area contributed by atoms with Crippen molar-refractivity contribution >= 4 is 18.0 Å². The van der Waals surface area contributed by atoms with Crippen LogP contribution in [0.5, 0.6) is 0 Å². The zero-order chi connectivity index (χ0) is 16.2. The summed E-state index contributed by atoms with van der Waals surface area (Å²) in [5, 5.41) is 19.3. The largest absolute Gasteiger partial charge is 0.477 e. The lowest BCUT2D eigenvalue weighted by atomic mass is 9.72.